The third kappa shape index (κ3) is 3.38. The van der Waals surface area contributed by atoms with Crippen LogP contribution in [-0.4, -0.2) is 16.2 Å². The van der Waals surface area contributed by atoms with Crippen molar-refractivity contribution in [2.24, 2.45) is 7.05 Å². The normalized spacial score (nSPS) is 10.7. The van der Waals surface area contributed by atoms with Crippen LogP contribution < -0.4 is 4.74 Å². The summed E-state index contributed by atoms with van der Waals surface area (Å²) in [5.74, 6) is 1.97. The predicted octanol–water partition coefficient (Wildman–Crippen LogP) is 3.67. The van der Waals surface area contributed by atoms with E-state index >= 15 is 0 Å². The van der Waals surface area contributed by atoms with E-state index in [4.69, 9.17) is 4.74 Å². The Morgan fingerprint density at radius 2 is 1.89 bits per heavy atom. The van der Waals surface area contributed by atoms with Crippen LogP contribution in [0.5, 0.6) is 5.75 Å². The topological polar surface area (TPSA) is 27.1 Å². The fourth-order valence-corrected chi connectivity index (χ4v) is 2.54. The van der Waals surface area contributed by atoms with Gasteiger partial charge in [-0.25, -0.2) is 4.98 Å². The Morgan fingerprint density at radius 3 is 2.42 bits per heavy atom. The average molecular weight is 323 g/mol. The molecule has 2 rings (SSSR count). The van der Waals surface area contributed by atoms with Crippen molar-refractivity contribution in [2.45, 2.75) is 26.7 Å². The molecule has 1 heterocycles. The molecule has 0 spiro atoms. The summed E-state index contributed by atoms with van der Waals surface area (Å²) in [6.45, 7) is 4.72. The molecule has 0 saturated carbocycles. The van der Waals surface area contributed by atoms with Crippen LogP contribution in [0.4, 0.5) is 0 Å². The molecular formula is C15H19BrN2O. The minimum atomic E-state index is 0.708. The van der Waals surface area contributed by atoms with Crippen LogP contribution in [0.25, 0.3) is 0 Å². The van der Waals surface area contributed by atoms with Gasteiger partial charge in [0, 0.05) is 7.05 Å². The minimum absolute atomic E-state index is 0.708. The summed E-state index contributed by atoms with van der Waals surface area (Å²) in [6.07, 6.45) is 1.93. The van der Waals surface area contributed by atoms with E-state index in [1.807, 2.05) is 33.0 Å². The third-order valence-corrected chi connectivity index (χ3v) is 4.19. The summed E-state index contributed by atoms with van der Waals surface area (Å²) < 4.78 is 8.58. The van der Waals surface area contributed by atoms with Gasteiger partial charge in [0.1, 0.15) is 16.2 Å². The van der Waals surface area contributed by atoms with Crippen LogP contribution in [-0.2, 0) is 19.9 Å². The maximum absolute atomic E-state index is 5.44. The number of rotatable bonds is 5. The number of benzene rings is 1. The number of imidazole rings is 1. The Balaban J connectivity index is 2.00. The number of nitrogens with zero attached hydrogens (tertiary/aromatic N) is 2. The highest BCUT2D eigenvalue weighted by molar-refractivity contribution is 9.10. The maximum atomic E-state index is 5.44. The molecule has 3 nitrogen and oxygen atoms in total. The van der Waals surface area contributed by atoms with E-state index in [-0.39, 0.29) is 0 Å². The van der Waals surface area contributed by atoms with Gasteiger partial charge in [-0.15, -0.1) is 0 Å². The van der Waals surface area contributed by atoms with E-state index in [0.717, 1.165) is 34.7 Å². The van der Waals surface area contributed by atoms with Crippen molar-refractivity contribution in [3.63, 3.8) is 0 Å². The lowest BCUT2D eigenvalue weighted by Crippen LogP contribution is -1.95. The van der Waals surface area contributed by atoms with E-state index in [2.05, 4.69) is 37.6 Å². The van der Waals surface area contributed by atoms with Crippen molar-refractivity contribution in [1.29, 1.82) is 0 Å². The van der Waals surface area contributed by atoms with Gasteiger partial charge in [-0.3, -0.25) is 0 Å². The first-order valence-electron chi connectivity index (χ1n) is 6.51. The van der Waals surface area contributed by atoms with Gasteiger partial charge in [-0.05, 0) is 60.3 Å². The van der Waals surface area contributed by atoms with E-state index in [9.17, 15) is 0 Å². The van der Waals surface area contributed by atoms with Gasteiger partial charge in [0.15, 0.2) is 0 Å². The average Bonchev–Trinajstić information content (AvgIpc) is 2.66. The second-order valence-corrected chi connectivity index (χ2v) is 5.28. The highest BCUT2D eigenvalue weighted by Crippen LogP contribution is 2.19. The van der Waals surface area contributed by atoms with E-state index in [0.29, 0.717) is 6.61 Å². The zero-order chi connectivity index (χ0) is 13.8. The van der Waals surface area contributed by atoms with Crippen LogP contribution in [0, 0.1) is 6.92 Å². The lowest BCUT2D eigenvalue weighted by atomic mass is 10.1. The molecule has 0 fully saturated rings. The first-order chi connectivity index (χ1) is 9.11. The fraction of sp³-hybridized carbons (Fsp3) is 0.400. The molecule has 0 aliphatic heterocycles. The second kappa shape index (κ2) is 6.24. The predicted molar refractivity (Wildman–Crippen MR) is 80.7 cm³/mol. The molecule has 1 aromatic heterocycles. The van der Waals surface area contributed by atoms with Crippen LogP contribution in [0.15, 0.2) is 28.9 Å². The lowest BCUT2D eigenvalue weighted by molar-refractivity contribution is 0.340. The minimum Gasteiger partial charge on any atom is -0.494 e. The van der Waals surface area contributed by atoms with E-state index < -0.39 is 0 Å². The Morgan fingerprint density at radius 1 is 1.21 bits per heavy atom. The van der Waals surface area contributed by atoms with Crippen LogP contribution >= 0.6 is 15.9 Å². The van der Waals surface area contributed by atoms with Gasteiger partial charge in [-0.2, -0.15) is 0 Å². The molecule has 0 N–H and O–H groups in total. The van der Waals surface area contributed by atoms with Gasteiger partial charge in [-0.1, -0.05) is 12.1 Å². The van der Waals surface area contributed by atoms with Crippen molar-refractivity contribution in [3.8, 4) is 5.75 Å². The molecule has 0 saturated heterocycles. The van der Waals surface area contributed by atoms with Gasteiger partial charge >= 0.3 is 0 Å². The first-order valence-corrected chi connectivity index (χ1v) is 7.30. The molecule has 1 aromatic carbocycles. The SMILES string of the molecule is CCOc1ccc(CCc2nc(C)n(C)c2Br)cc1. The molecule has 0 bridgehead atoms. The van der Waals surface area contributed by atoms with E-state index in [1.165, 1.54) is 5.56 Å². The smallest absolute Gasteiger partial charge is 0.119 e. The standard InChI is InChI=1S/C15H19BrN2O/c1-4-19-13-8-5-12(6-9-13)7-10-14-15(16)18(3)11(2)17-14/h5-6,8-9H,4,7,10H2,1-3H3. The molecule has 0 aliphatic rings. The molecule has 0 amide bonds. The Bertz CT molecular complexity index is 546. The zero-order valence-corrected chi connectivity index (χ0v) is 13.2. The number of hydrogen-bond acceptors (Lipinski definition) is 2. The number of aromatic nitrogens is 2. The number of halogens is 1. The van der Waals surface area contributed by atoms with Crippen molar-refractivity contribution in [3.05, 3.63) is 46.0 Å². The molecule has 19 heavy (non-hydrogen) atoms. The van der Waals surface area contributed by atoms with Crippen LogP contribution in [0.3, 0.4) is 0 Å². The number of aryl methyl sites for hydroxylation is 3. The van der Waals surface area contributed by atoms with Crippen LogP contribution in [0.2, 0.25) is 0 Å². The first kappa shape index (κ1) is 14.1. The molecule has 0 aliphatic carbocycles. The summed E-state index contributed by atoms with van der Waals surface area (Å²) in [4.78, 5) is 4.56. The summed E-state index contributed by atoms with van der Waals surface area (Å²) in [5, 5.41) is 0. The summed E-state index contributed by atoms with van der Waals surface area (Å²) >= 11 is 3.59. The number of ether oxygens (including phenoxy) is 1. The van der Waals surface area contributed by atoms with Crippen molar-refractivity contribution in [2.75, 3.05) is 6.61 Å². The largest absolute Gasteiger partial charge is 0.494 e. The quantitative estimate of drug-likeness (QED) is 0.839. The fourth-order valence-electron chi connectivity index (χ4n) is 1.99. The zero-order valence-electron chi connectivity index (χ0n) is 11.6. The summed E-state index contributed by atoms with van der Waals surface area (Å²) in [6, 6.07) is 8.29. The van der Waals surface area contributed by atoms with Crippen molar-refractivity contribution in [1.82, 2.24) is 9.55 Å². The molecule has 0 unspecified atom stereocenters. The summed E-state index contributed by atoms with van der Waals surface area (Å²) in [7, 11) is 2.02. The third-order valence-electron chi connectivity index (χ3n) is 3.20. The van der Waals surface area contributed by atoms with Gasteiger partial charge < -0.3 is 9.30 Å². The highest BCUT2D eigenvalue weighted by atomic mass is 79.9. The van der Waals surface area contributed by atoms with Gasteiger partial charge in [0.25, 0.3) is 0 Å². The molecular weight excluding hydrogens is 304 g/mol. The molecule has 102 valence electrons. The van der Waals surface area contributed by atoms with Crippen molar-refractivity contribution < 1.29 is 4.74 Å². The van der Waals surface area contributed by atoms with Crippen LogP contribution in [0.1, 0.15) is 24.0 Å². The molecule has 0 atom stereocenters. The molecule has 4 heteroatoms. The van der Waals surface area contributed by atoms with Gasteiger partial charge in [0.05, 0.1) is 12.3 Å². The Labute approximate surface area is 122 Å². The monoisotopic (exact) mass is 322 g/mol. The second-order valence-electron chi connectivity index (χ2n) is 4.53. The summed E-state index contributed by atoms with van der Waals surface area (Å²) in [5.41, 5.74) is 2.42. The Hall–Kier alpha value is -1.29. The molecule has 2 aromatic rings. The maximum Gasteiger partial charge on any atom is 0.119 e. The Kier molecular flexibility index (Phi) is 4.64. The van der Waals surface area contributed by atoms with Gasteiger partial charge in [0.2, 0.25) is 0 Å². The molecule has 0 radical (unpaired) electrons. The van der Waals surface area contributed by atoms with Crippen molar-refractivity contribution >= 4 is 15.9 Å². The lowest BCUT2D eigenvalue weighted by Gasteiger charge is -2.04. The van der Waals surface area contributed by atoms with E-state index in [1.54, 1.807) is 0 Å². The number of hydrogen-bond donors (Lipinski definition) is 0. The highest BCUT2D eigenvalue weighted by Gasteiger charge is 2.09.